The van der Waals surface area contributed by atoms with E-state index in [1.165, 1.54) is 0 Å². The van der Waals surface area contributed by atoms with Crippen LogP contribution in [0.4, 0.5) is 0 Å². The van der Waals surface area contributed by atoms with Crippen molar-refractivity contribution in [1.82, 2.24) is 35.3 Å². The SMILES string of the molecule is CNC(=O)CCCCCC(NC(=O)CC1=CSC2=NCCCN12)c1ncc(-c2ccc(-c3ccn(C)n3)cc2)[nH]1. The number of carbonyl (C=O) groups excluding carboxylic acids is 2. The Hall–Kier alpha value is -3.86. The van der Waals surface area contributed by atoms with Crippen LogP contribution in [-0.2, 0) is 16.6 Å². The van der Waals surface area contributed by atoms with Gasteiger partial charge in [0.2, 0.25) is 11.8 Å². The summed E-state index contributed by atoms with van der Waals surface area (Å²) in [5, 5.41) is 13.4. The van der Waals surface area contributed by atoms with Gasteiger partial charge in [-0.15, -0.1) is 0 Å². The van der Waals surface area contributed by atoms with Crippen molar-refractivity contribution in [2.75, 3.05) is 20.1 Å². The molecule has 1 unspecified atom stereocenters. The molecule has 1 atom stereocenters. The van der Waals surface area contributed by atoms with Gasteiger partial charge in [-0.3, -0.25) is 19.3 Å². The predicted octanol–water partition coefficient (Wildman–Crippen LogP) is 4.37. The van der Waals surface area contributed by atoms with Gasteiger partial charge in [0, 0.05) is 51.1 Å². The lowest BCUT2D eigenvalue weighted by molar-refractivity contribution is -0.121. The maximum atomic E-state index is 13.2. The molecule has 40 heavy (non-hydrogen) atoms. The Labute approximate surface area is 238 Å². The summed E-state index contributed by atoms with van der Waals surface area (Å²) in [7, 11) is 3.56. The zero-order valence-corrected chi connectivity index (χ0v) is 23.8. The van der Waals surface area contributed by atoms with Gasteiger partial charge in [-0.05, 0) is 36.3 Å². The van der Waals surface area contributed by atoms with Gasteiger partial charge in [0.25, 0.3) is 0 Å². The van der Waals surface area contributed by atoms with E-state index in [0.29, 0.717) is 12.8 Å². The standard InChI is InChI=1S/C29H36N8O2S/c1-30-26(38)8-5-3-4-7-24(33-27(39)17-22-19-40-29-31-14-6-15-37(22)29)28-32-18-25(34-28)21-11-9-20(10-12-21)23-13-16-36(2)35-23/h9-13,16,18-19,24H,3-8,14-15,17H2,1-2H3,(H,30,38)(H,32,34)(H,33,39). The molecule has 0 bridgehead atoms. The molecule has 2 amide bonds. The van der Waals surface area contributed by atoms with Gasteiger partial charge < -0.3 is 20.5 Å². The van der Waals surface area contributed by atoms with Crippen molar-refractivity contribution in [3.05, 3.63) is 59.7 Å². The monoisotopic (exact) mass is 560 g/mol. The smallest absolute Gasteiger partial charge is 0.226 e. The highest BCUT2D eigenvalue weighted by Gasteiger charge is 2.27. The first kappa shape index (κ1) is 27.7. The molecule has 0 saturated carbocycles. The van der Waals surface area contributed by atoms with E-state index >= 15 is 0 Å². The topological polar surface area (TPSA) is 120 Å². The normalized spacial score (nSPS) is 15.3. The maximum absolute atomic E-state index is 13.2. The van der Waals surface area contributed by atoms with Gasteiger partial charge in [0.1, 0.15) is 5.82 Å². The van der Waals surface area contributed by atoms with Crippen molar-refractivity contribution in [2.24, 2.45) is 12.0 Å². The van der Waals surface area contributed by atoms with Crippen LogP contribution in [0.1, 0.15) is 56.8 Å². The number of imidazole rings is 1. The number of hydrogen-bond acceptors (Lipinski definition) is 7. The number of amides is 2. The highest BCUT2D eigenvalue weighted by molar-refractivity contribution is 8.16. The van der Waals surface area contributed by atoms with Gasteiger partial charge in [-0.1, -0.05) is 48.9 Å². The number of fused-ring (bicyclic) bond motifs is 1. The highest BCUT2D eigenvalue weighted by Crippen LogP contribution is 2.31. The van der Waals surface area contributed by atoms with Gasteiger partial charge in [-0.2, -0.15) is 5.10 Å². The molecule has 1 aromatic carbocycles. The van der Waals surface area contributed by atoms with Crippen LogP contribution in [0.25, 0.3) is 22.5 Å². The van der Waals surface area contributed by atoms with Crippen molar-refractivity contribution >= 4 is 28.7 Å². The van der Waals surface area contributed by atoms with E-state index in [9.17, 15) is 9.59 Å². The number of hydrogen-bond donors (Lipinski definition) is 3. The second-order valence-corrected chi connectivity index (χ2v) is 10.9. The van der Waals surface area contributed by atoms with E-state index in [0.717, 1.165) is 84.4 Å². The summed E-state index contributed by atoms with van der Waals surface area (Å²) < 4.78 is 1.79. The van der Waals surface area contributed by atoms with Gasteiger partial charge >= 0.3 is 0 Å². The maximum Gasteiger partial charge on any atom is 0.226 e. The van der Waals surface area contributed by atoms with Crippen LogP contribution in [0, 0.1) is 0 Å². The fourth-order valence-electron chi connectivity index (χ4n) is 4.95. The number of aliphatic imine (C=N–C) groups is 1. The average molecular weight is 561 g/mol. The molecule has 2 aliphatic heterocycles. The number of nitrogens with one attached hydrogen (secondary N) is 3. The molecule has 0 aliphatic carbocycles. The molecule has 0 saturated heterocycles. The second-order valence-electron chi connectivity index (χ2n) is 10.1. The molecular weight excluding hydrogens is 524 g/mol. The quantitative estimate of drug-likeness (QED) is 0.283. The van der Waals surface area contributed by atoms with Crippen LogP contribution in [-0.4, -0.2) is 61.8 Å². The number of carbonyl (C=O) groups is 2. The summed E-state index contributed by atoms with van der Waals surface area (Å²) >= 11 is 1.59. The third kappa shape index (κ3) is 6.82. The van der Waals surface area contributed by atoms with E-state index in [-0.39, 0.29) is 17.9 Å². The molecule has 0 fully saturated rings. The van der Waals surface area contributed by atoms with E-state index in [2.05, 4.69) is 59.9 Å². The molecule has 0 spiro atoms. The molecule has 10 nitrogen and oxygen atoms in total. The number of H-pyrrole nitrogens is 1. The van der Waals surface area contributed by atoms with Crippen molar-refractivity contribution in [2.45, 2.75) is 51.0 Å². The molecule has 3 aromatic rings. The molecule has 2 aliphatic rings. The number of aryl methyl sites for hydroxylation is 1. The van der Waals surface area contributed by atoms with E-state index < -0.39 is 0 Å². The molecular formula is C29H36N8O2S. The first-order valence-corrected chi connectivity index (χ1v) is 14.7. The zero-order chi connectivity index (χ0) is 27.9. The van der Waals surface area contributed by atoms with Crippen molar-refractivity contribution < 1.29 is 9.59 Å². The fraction of sp³-hybridized carbons (Fsp3) is 0.414. The Balaban J connectivity index is 1.25. The summed E-state index contributed by atoms with van der Waals surface area (Å²) in [6.45, 7) is 1.75. The highest BCUT2D eigenvalue weighted by atomic mass is 32.2. The number of benzene rings is 1. The van der Waals surface area contributed by atoms with Crippen LogP contribution in [0.15, 0.2) is 58.8 Å². The summed E-state index contributed by atoms with van der Waals surface area (Å²) in [6, 6.07) is 9.94. The predicted molar refractivity (Wildman–Crippen MR) is 158 cm³/mol. The molecule has 0 radical (unpaired) electrons. The van der Waals surface area contributed by atoms with Crippen molar-refractivity contribution in [3.63, 3.8) is 0 Å². The Kier molecular flexibility index (Phi) is 9.00. The molecule has 3 N–H and O–H groups in total. The lowest BCUT2D eigenvalue weighted by Crippen LogP contribution is -2.34. The first-order chi connectivity index (χ1) is 19.5. The summed E-state index contributed by atoms with van der Waals surface area (Å²) in [5.41, 5.74) is 4.88. The summed E-state index contributed by atoms with van der Waals surface area (Å²) in [4.78, 5) is 39.6. The Morgan fingerprint density at radius 2 is 1.93 bits per heavy atom. The minimum absolute atomic E-state index is 0.0355. The minimum atomic E-state index is -0.252. The Morgan fingerprint density at radius 3 is 2.70 bits per heavy atom. The summed E-state index contributed by atoms with van der Waals surface area (Å²) in [5.74, 6) is 0.753. The molecule has 2 aromatic heterocycles. The first-order valence-electron chi connectivity index (χ1n) is 13.8. The number of amidine groups is 1. The van der Waals surface area contributed by atoms with Gasteiger partial charge in [0.05, 0.1) is 30.0 Å². The lowest BCUT2D eigenvalue weighted by Gasteiger charge is -2.25. The Bertz CT molecular complexity index is 1390. The third-order valence-electron chi connectivity index (χ3n) is 7.15. The largest absolute Gasteiger partial charge is 0.359 e. The lowest BCUT2D eigenvalue weighted by atomic mass is 10.1. The van der Waals surface area contributed by atoms with Crippen LogP contribution in [0.3, 0.4) is 0 Å². The number of aromatic amines is 1. The molecule has 5 rings (SSSR count). The minimum Gasteiger partial charge on any atom is -0.359 e. The van der Waals surface area contributed by atoms with Crippen molar-refractivity contribution in [3.8, 4) is 22.5 Å². The van der Waals surface area contributed by atoms with Crippen LogP contribution < -0.4 is 10.6 Å². The third-order valence-corrected chi connectivity index (χ3v) is 8.10. The van der Waals surface area contributed by atoms with E-state index in [1.54, 1.807) is 23.5 Å². The fourth-order valence-corrected chi connectivity index (χ4v) is 5.90. The van der Waals surface area contributed by atoms with Crippen LogP contribution in [0.2, 0.25) is 0 Å². The summed E-state index contributed by atoms with van der Waals surface area (Å²) in [6.07, 6.45) is 8.89. The Morgan fingerprint density at radius 1 is 1.10 bits per heavy atom. The molecule has 4 heterocycles. The van der Waals surface area contributed by atoms with Crippen molar-refractivity contribution in [1.29, 1.82) is 0 Å². The number of aromatic nitrogens is 4. The van der Waals surface area contributed by atoms with E-state index in [4.69, 9.17) is 0 Å². The number of rotatable bonds is 12. The second kappa shape index (κ2) is 13.0. The zero-order valence-electron chi connectivity index (χ0n) is 23.0. The number of nitrogens with zero attached hydrogens (tertiary/aromatic N) is 5. The number of unbranched alkanes of at least 4 members (excludes halogenated alkanes) is 2. The van der Waals surface area contributed by atoms with E-state index in [1.807, 2.05) is 30.9 Å². The van der Waals surface area contributed by atoms with Crippen LogP contribution >= 0.6 is 11.8 Å². The average Bonchev–Trinajstić information content (AvgIpc) is 3.73. The van der Waals surface area contributed by atoms with Crippen LogP contribution in [0.5, 0.6) is 0 Å². The van der Waals surface area contributed by atoms with Gasteiger partial charge in [-0.25, -0.2) is 4.98 Å². The number of thioether (sulfide) groups is 1. The van der Waals surface area contributed by atoms with Gasteiger partial charge in [0.15, 0.2) is 5.17 Å². The molecule has 11 heteroatoms. The molecule has 210 valence electrons.